The van der Waals surface area contributed by atoms with E-state index >= 15 is 0 Å². The third-order valence-corrected chi connectivity index (χ3v) is 4.16. The monoisotopic (exact) mass is 313 g/mol. The molecule has 0 saturated carbocycles. The zero-order chi connectivity index (χ0) is 15.1. The van der Waals surface area contributed by atoms with Gasteiger partial charge in [0, 0.05) is 19.6 Å². The number of hydrogen-bond donors (Lipinski definition) is 2. The highest BCUT2D eigenvalue weighted by Gasteiger charge is 2.20. The number of benzene rings is 1. The minimum Gasteiger partial charge on any atom is -0.492 e. The lowest BCUT2D eigenvalue weighted by atomic mass is 9.98. The van der Waals surface area contributed by atoms with Gasteiger partial charge < -0.3 is 4.74 Å². The van der Waals surface area contributed by atoms with Gasteiger partial charge in [0.25, 0.3) is 10.2 Å². The summed E-state index contributed by atoms with van der Waals surface area (Å²) in [5.74, 6) is 1.19. The van der Waals surface area contributed by atoms with Crippen molar-refractivity contribution in [3.8, 4) is 5.75 Å². The minimum absolute atomic E-state index is 0.314. The van der Waals surface area contributed by atoms with E-state index in [-0.39, 0.29) is 0 Å². The molecule has 0 radical (unpaired) electrons. The van der Waals surface area contributed by atoms with Crippen LogP contribution in [0.2, 0.25) is 0 Å². The molecular formula is C14H23N3O3S. The number of ether oxygens (including phenoxy) is 1. The van der Waals surface area contributed by atoms with Crippen LogP contribution in [0, 0.1) is 5.92 Å². The van der Waals surface area contributed by atoms with Crippen LogP contribution in [0.5, 0.6) is 5.75 Å². The first kappa shape index (κ1) is 16.2. The summed E-state index contributed by atoms with van der Waals surface area (Å²) in [5, 5.41) is 4.96. The lowest BCUT2D eigenvalue weighted by Gasteiger charge is -2.32. The van der Waals surface area contributed by atoms with Crippen molar-refractivity contribution in [2.75, 3.05) is 32.8 Å². The van der Waals surface area contributed by atoms with E-state index in [1.54, 1.807) is 0 Å². The van der Waals surface area contributed by atoms with Crippen molar-refractivity contribution in [3.05, 3.63) is 30.3 Å². The fraction of sp³-hybridized carbons (Fsp3) is 0.571. The van der Waals surface area contributed by atoms with Gasteiger partial charge in [0.2, 0.25) is 0 Å². The Kier molecular flexibility index (Phi) is 5.98. The molecule has 21 heavy (non-hydrogen) atoms. The normalized spacial score (nSPS) is 20.3. The first-order chi connectivity index (χ1) is 10.0. The van der Waals surface area contributed by atoms with Crippen LogP contribution in [0.15, 0.2) is 30.3 Å². The molecule has 0 aromatic heterocycles. The molecule has 1 atom stereocenters. The van der Waals surface area contributed by atoms with Crippen molar-refractivity contribution in [1.82, 2.24) is 9.62 Å². The van der Waals surface area contributed by atoms with Crippen LogP contribution in [-0.4, -0.2) is 46.1 Å². The highest BCUT2D eigenvalue weighted by Crippen LogP contribution is 2.16. The molecule has 1 saturated heterocycles. The van der Waals surface area contributed by atoms with E-state index in [9.17, 15) is 8.42 Å². The fourth-order valence-electron chi connectivity index (χ4n) is 2.56. The molecule has 118 valence electrons. The van der Waals surface area contributed by atoms with Gasteiger partial charge in [-0.05, 0) is 37.4 Å². The van der Waals surface area contributed by atoms with E-state index in [0.717, 1.165) is 38.2 Å². The highest BCUT2D eigenvalue weighted by atomic mass is 32.2. The summed E-state index contributed by atoms with van der Waals surface area (Å²) in [7, 11) is -3.59. The van der Waals surface area contributed by atoms with Crippen molar-refractivity contribution >= 4 is 10.2 Å². The summed E-state index contributed by atoms with van der Waals surface area (Å²) in [6.07, 6.45) is 2.10. The number of nitrogens with two attached hydrogens (primary N) is 1. The van der Waals surface area contributed by atoms with Crippen molar-refractivity contribution in [2.45, 2.75) is 12.8 Å². The molecule has 1 aromatic rings. The zero-order valence-corrected chi connectivity index (χ0v) is 12.9. The molecule has 7 heteroatoms. The Morgan fingerprint density at radius 1 is 1.33 bits per heavy atom. The summed E-state index contributed by atoms with van der Waals surface area (Å²) in [4.78, 5) is 2.31. The number of hydrogen-bond acceptors (Lipinski definition) is 4. The van der Waals surface area contributed by atoms with Crippen LogP contribution in [-0.2, 0) is 10.2 Å². The first-order valence-corrected chi connectivity index (χ1v) is 8.75. The van der Waals surface area contributed by atoms with Crippen LogP contribution in [0.4, 0.5) is 0 Å². The average molecular weight is 313 g/mol. The van der Waals surface area contributed by atoms with Gasteiger partial charge in [-0.15, -0.1) is 0 Å². The molecule has 1 unspecified atom stereocenters. The molecule has 3 N–H and O–H groups in total. The smallest absolute Gasteiger partial charge is 0.274 e. The number of rotatable bonds is 7. The Labute approximate surface area is 126 Å². The van der Waals surface area contributed by atoms with Gasteiger partial charge in [-0.3, -0.25) is 4.90 Å². The van der Waals surface area contributed by atoms with E-state index in [1.807, 2.05) is 30.3 Å². The van der Waals surface area contributed by atoms with Gasteiger partial charge in [0.15, 0.2) is 0 Å². The predicted molar refractivity (Wildman–Crippen MR) is 82.2 cm³/mol. The number of likely N-dealkylation sites (tertiary alicyclic amines) is 1. The van der Waals surface area contributed by atoms with Crippen LogP contribution >= 0.6 is 0 Å². The van der Waals surface area contributed by atoms with Gasteiger partial charge >= 0.3 is 0 Å². The average Bonchev–Trinajstić information content (AvgIpc) is 2.46. The van der Waals surface area contributed by atoms with Gasteiger partial charge in [-0.1, -0.05) is 18.2 Å². The fourth-order valence-corrected chi connectivity index (χ4v) is 3.03. The predicted octanol–water partition coefficient (Wildman–Crippen LogP) is 0.571. The van der Waals surface area contributed by atoms with Gasteiger partial charge in [-0.25, -0.2) is 9.86 Å². The summed E-state index contributed by atoms with van der Waals surface area (Å²) in [6.45, 7) is 3.81. The Morgan fingerprint density at radius 3 is 2.81 bits per heavy atom. The highest BCUT2D eigenvalue weighted by molar-refractivity contribution is 7.87. The standard InChI is InChI=1S/C14H23N3O3S/c15-21(18,19)16-11-13-5-4-8-17(12-13)9-10-20-14-6-2-1-3-7-14/h1-3,6-7,13,16H,4-5,8-12H2,(H2,15,18,19). The Hall–Kier alpha value is -1.15. The molecule has 1 fully saturated rings. The largest absolute Gasteiger partial charge is 0.492 e. The molecule has 0 bridgehead atoms. The minimum atomic E-state index is -3.59. The maximum absolute atomic E-state index is 10.9. The number of nitrogens with zero attached hydrogens (tertiary/aromatic N) is 1. The second kappa shape index (κ2) is 7.74. The maximum atomic E-state index is 10.9. The summed E-state index contributed by atoms with van der Waals surface area (Å²) in [5.41, 5.74) is 0. The van der Waals surface area contributed by atoms with E-state index in [1.165, 1.54) is 0 Å². The third-order valence-electron chi connectivity index (χ3n) is 3.60. The number of nitrogens with one attached hydrogen (secondary N) is 1. The zero-order valence-electron chi connectivity index (χ0n) is 12.1. The molecule has 1 aliphatic rings. The molecule has 1 heterocycles. The number of piperidine rings is 1. The lowest BCUT2D eigenvalue weighted by molar-refractivity contribution is 0.148. The van der Waals surface area contributed by atoms with Gasteiger partial charge in [0.1, 0.15) is 12.4 Å². The number of para-hydroxylation sites is 1. The second-order valence-electron chi connectivity index (χ2n) is 5.36. The van der Waals surface area contributed by atoms with Crippen molar-refractivity contribution < 1.29 is 13.2 Å². The Morgan fingerprint density at radius 2 is 2.10 bits per heavy atom. The van der Waals surface area contributed by atoms with E-state index in [4.69, 9.17) is 9.88 Å². The van der Waals surface area contributed by atoms with Crippen molar-refractivity contribution in [3.63, 3.8) is 0 Å². The SMILES string of the molecule is NS(=O)(=O)NCC1CCCN(CCOc2ccccc2)C1. The van der Waals surface area contributed by atoms with E-state index in [2.05, 4.69) is 9.62 Å². The molecule has 1 aromatic carbocycles. The Bertz CT molecular complexity index is 522. The molecule has 0 amide bonds. The van der Waals surface area contributed by atoms with Crippen LogP contribution in [0.25, 0.3) is 0 Å². The summed E-state index contributed by atoms with van der Waals surface area (Å²) < 4.78 is 29.9. The molecule has 0 spiro atoms. The molecular weight excluding hydrogens is 290 g/mol. The van der Waals surface area contributed by atoms with Gasteiger partial charge in [-0.2, -0.15) is 8.42 Å². The summed E-state index contributed by atoms with van der Waals surface area (Å²) >= 11 is 0. The molecule has 6 nitrogen and oxygen atoms in total. The van der Waals surface area contributed by atoms with Crippen molar-refractivity contribution in [2.24, 2.45) is 11.1 Å². The second-order valence-corrected chi connectivity index (χ2v) is 6.74. The van der Waals surface area contributed by atoms with Crippen LogP contribution < -0.4 is 14.6 Å². The maximum Gasteiger partial charge on any atom is 0.274 e. The lowest BCUT2D eigenvalue weighted by Crippen LogP contribution is -2.43. The molecule has 2 rings (SSSR count). The van der Waals surface area contributed by atoms with E-state index < -0.39 is 10.2 Å². The first-order valence-electron chi connectivity index (χ1n) is 7.20. The topological polar surface area (TPSA) is 84.7 Å². The Balaban J connectivity index is 1.69. The third kappa shape index (κ3) is 6.43. The molecule has 0 aliphatic carbocycles. The van der Waals surface area contributed by atoms with Crippen LogP contribution in [0.1, 0.15) is 12.8 Å². The van der Waals surface area contributed by atoms with E-state index in [0.29, 0.717) is 19.1 Å². The van der Waals surface area contributed by atoms with Gasteiger partial charge in [0.05, 0.1) is 0 Å². The molecule has 1 aliphatic heterocycles. The van der Waals surface area contributed by atoms with Crippen LogP contribution in [0.3, 0.4) is 0 Å². The summed E-state index contributed by atoms with van der Waals surface area (Å²) in [6, 6.07) is 9.74. The quantitative estimate of drug-likeness (QED) is 0.771. The van der Waals surface area contributed by atoms with Crippen molar-refractivity contribution in [1.29, 1.82) is 0 Å².